The fourth-order valence-corrected chi connectivity index (χ4v) is 2.67. The number of carbonyl (C=O) groups is 1. The predicted molar refractivity (Wildman–Crippen MR) is 89.6 cm³/mol. The van der Waals surface area contributed by atoms with Crippen molar-refractivity contribution in [3.05, 3.63) is 74.3 Å². The Morgan fingerprint density at radius 2 is 1.78 bits per heavy atom. The highest BCUT2D eigenvalue weighted by molar-refractivity contribution is 5.95. The van der Waals surface area contributed by atoms with E-state index in [0.29, 0.717) is 11.1 Å². The predicted octanol–water partition coefficient (Wildman–Crippen LogP) is 4.01. The standard InChI is InChI=1S/C18H20N2O3/c1-11-5-7-16(12(2)9-11)14(4)19-18(21)15-6-8-17(20(22)23)13(3)10-15/h5-10,14H,1-4H3,(H,19,21)/t14-/m0/s1. The zero-order valence-electron chi connectivity index (χ0n) is 13.7. The second kappa shape index (κ2) is 6.60. The van der Waals surface area contributed by atoms with Gasteiger partial charge in [-0.25, -0.2) is 0 Å². The van der Waals surface area contributed by atoms with Gasteiger partial charge in [-0.3, -0.25) is 14.9 Å². The molecule has 1 amide bonds. The molecule has 0 saturated heterocycles. The third-order valence-corrected chi connectivity index (χ3v) is 3.90. The van der Waals surface area contributed by atoms with Gasteiger partial charge in [0.25, 0.3) is 11.6 Å². The molecule has 0 fully saturated rings. The summed E-state index contributed by atoms with van der Waals surface area (Å²) in [5.74, 6) is -0.240. The minimum atomic E-state index is -0.449. The number of hydrogen-bond acceptors (Lipinski definition) is 3. The van der Waals surface area contributed by atoms with E-state index >= 15 is 0 Å². The minimum absolute atomic E-state index is 0.0176. The van der Waals surface area contributed by atoms with Gasteiger partial charge >= 0.3 is 0 Å². The number of hydrogen-bond donors (Lipinski definition) is 1. The molecule has 23 heavy (non-hydrogen) atoms. The second-order valence-corrected chi connectivity index (χ2v) is 5.81. The number of nitro groups is 1. The van der Waals surface area contributed by atoms with Gasteiger partial charge in [0.15, 0.2) is 0 Å². The summed E-state index contributed by atoms with van der Waals surface area (Å²) in [4.78, 5) is 22.7. The van der Waals surface area contributed by atoms with Gasteiger partial charge in [0.2, 0.25) is 0 Å². The van der Waals surface area contributed by atoms with Gasteiger partial charge < -0.3 is 5.32 Å². The summed E-state index contributed by atoms with van der Waals surface area (Å²) < 4.78 is 0. The van der Waals surface area contributed by atoms with Crippen LogP contribution in [0.15, 0.2) is 36.4 Å². The average molecular weight is 312 g/mol. The van der Waals surface area contributed by atoms with Crippen molar-refractivity contribution in [3.63, 3.8) is 0 Å². The van der Waals surface area contributed by atoms with Crippen LogP contribution in [0, 0.1) is 30.9 Å². The number of amides is 1. The molecule has 0 spiro atoms. The van der Waals surface area contributed by atoms with Gasteiger partial charge in [-0.05, 0) is 51.0 Å². The topological polar surface area (TPSA) is 72.2 Å². The summed E-state index contributed by atoms with van der Waals surface area (Å²) >= 11 is 0. The normalized spacial score (nSPS) is 11.8. The van der Waals surface area contributed by atoms with Gasteiger partial charge in [-0.2, -0.15) is 0 Å². The molecule has 5 nitrogen and oxygen atoms in total. The summed E-state index contributed by atoms with van der Waals surface area (Å²) in [6.07, 6.45) is 0. The molecule has 0 unspecified atom stereocenters. The van der Waals surface area contributed by atoms with Gasteiger partial charge in [0, 0.05) is 17.2 Å². The molecule has 0 bridgehead atoms. The molecule has 2 aromatic carbocycles. The first-order chi connectivity index (χ1) is 10.8. The first kappa shape index (κ1) is 16.7. The zero-order valence-corrected chi connectivity index (χ0v) is 13.7. The van der Waals surface area contributed by atoms with Gasteiger partial charge in [-0.1, -0.05) is 23.8 Å². The number of benzene rings is 2. The molecule has 0 radical (unpaired) electrons. The van der Waals surface area contributed by atoms with Crippen LogP contribution in [0.4, 0.5) is 5.69 Å². The Morgan fingerprint density at radius 3 is 2.35 bits per heavy atom. The highest BCUT2D eigenvalue weighted by atomic mass is 16.6. The van der Waals surface area contributed by atoms with Crippen molar-refractivity contribution in [2.45, 2.75) is 33.7 Å². The maximum Gasteiger partial charge on any atom is 0.272 e. The molecule has 0 aliphatic rings. The van der Waals surface area contributed by atoms with Crippen molar-refractivity contribution in [1.29, 1.82) is 0 Å². The van der Waals surface area contributed by atoms with Crippen LogP contribution in [0.2, 0.25) is 0 Å². The molecule has 5 heteroatoms. The van der Waals surface area contributed by atoms with E-state index in [9.17, 15) is 14.9 Å². The molecule has 0 heterocycles. The second-order valence-electron chi connectivity index (χ2n) is 5.81. The van der Waals surface area contributed by atoms with Crippen LogP contribution >= 0.6 is 0 Å². The van der Waals surface area contributed by atoms with E-state index in [1.807, 2.05) is 32.9 Å². The SMILES string of the molecule is Cc1ccc([C@H](C)NC(=O)c2ccc([N+](=O)[O-])c(C)c2)c(C)c1. The van der Waals surface area contributed by atoms with E-state index in [-0.39, 0.29) is 17.6 Å². The van der Waals surface area contributed by atoms with Crippen LogP contribution in [0.3, 0.4) is 0 Å². The Kier molecular flexibility index (Phi) is 4.79. The van der Waals surface area contributed by atoms with Crippen LogP contribution in [0.5, 0.6) is 0 Å². The number of rotatable bonds is 4. The number of nitro benzene ring substituents is 1. The number of carbonyl (C=O) groups excluding carboxylic acids is 1. The molecule has 2 rings (SSSR count). The molecular formula is C18H20N2O3. The van der Waals surface area contributed by atoms with Gasteiger partial charge in [-0.15, -0.1) is 0 Å². The fourth-order valence-electron chi connectivity index (χ4n) is 2.67. The summed E-state index contributed by atoms with van der Waals surface area (Å²) in [6, 6.07) is 10.4. The lowest BCUT2D eigenvalue weighted by Crippen LogP contribution is -2.27. The minimum Gasteiger partial charge on any atom is -0.346 e. The molecule has 1 atom stereocenters. The molecule has 1 N–H and O–H groups in total. The lowest BCUT2D eigenvalue weighted by atomic mass is 10.00. The molecular weight excluding hydrogens is 292 g/mol. The molecule has 2 aromatic rings. The maximum atomic E-state index is 12.4. The first-order valence-electron chi connectivity index (χ1n) is 7.42. The number of aryl methyl sites for hydroxylation is 3. The smallest absolute Gasteiger partial charge is 0.272 e. The van der Waals surface area contributed by atoms with Crippen LogP contribution < -0.4 is 5.32 Å². The van der Waals surface area contributed by atoms with E-state index in [4.69, 9.17) is 0 Å². The molecule has 0 saturated carbocycles. The van der Waals surface area contributed by atoms with Crippen molar-refractivity contribution in [2.75, 3.05) is 0 Å². The number of nitrogens with zero attached hydrogens (tertiary/aromatic N) is 1. The lowest BCUT2D eigenvalue weighted by Gasteiger charge is -2.17. The Balaban J connectivity index is 2.18. The summed E-state index contributed by atoms with van der Waals surface area (Å²) in [5.41, 5.74) is 4.27. The highest BCUT2D eigenvalue weighted by Gasteiger charge is 2.16. The third-order valence-electron chi connectivity index (χ3n) is 3.90. The van der Waals surface area contributed by atoms with E-state index in [0.717, 1.165) is 11.1 Å². The Labute approximate surface area is 135 Å². The van der Waals surface area contributed by atoms with Crippen LogP contribution in [-0.2, 0) is 0 Å². The Hall–Kier alpha value is -2.69. The van der Waals surface area contributed by atoms with Crippen molar-refractivity contribution in [3.8, 4) is 0 Å². The Bertz CT molecular complexity index is 769. The lowest BCUT2D eigenvalue weighted by molar-refractivity contribution is -0.385. The first-order valence-corrected chi connectivity index (χ1v) is 7.42. The van der Waals surface area contributed by atoms with Gasteiger partial charge in [0.05, 0.1) is 11.0 Å². The van der Waals surface area contributed by atoms with E-state index in [1.165, 1.54) is 17.7 Å². The monoisotopic (exact) mass is 312 g/mol. The quantitative estimate of drug-likeness (QED) is 0.685. The Morgan fingerprint density at radius 1 is 1.09 bits per heavy atom. The highest BCUT2D eigenvalue weighted by Crippen LogP contribution is 2.21. The summed E-state index contributed by atoms with van der Waals surface area (Å²) in [6.45, 7) is 7.59. The largest absolute Gasteiger partial charge is 0.346 e. The number of nitrogens with one attached hydrogen (secondary N) is 1. The van der Waals surface area contributed by atoms with E-state index < -0.39 is 4.92 Å². The maximum absolute atomic E-state index is 12.4. The third kappa shape index (κ3) is 3.74. The summed E-state index contributed by atoms with van der Waals surface area (Å²) in [5, 5.41) is 13.8. The average Bonchev–Trinajstić information content (AvgIpc) is 2.46. The van der Waals surface area contributed by atoms with Crippen molar-refractivity contribution >= 4 is 11.6 Å². The van der Waals surface area contributed by atoms with Gasteiger partial charge in [0.1, 0.15) is 0 Å². The van der Waals surface area contributed by atoms with E-state index in [2.05, 4.69) is 11.4 Å². The summed E-state index contributed by atoms with van der Waals surface area (Å²) in [7, 11) is 0. The molecule has 0 aliphatic carbocycles. The van der Waals surface area contributed by atoms with Crippen LogP contribution in [0.1, 0.15) is 45.6 Å². The van der Waals surface area contributed by atoms with Crippen molar-refractivity contribution < 1.29 is 9.72 Å². The van der Waals surface area contributed by atoms with Crippen molar-refractivity contribution in [1.82, 2.24) is 5.32 Å². The van der Waals surface area contributed by atoms with Crippen LogP contribution in [0.25, 0.3) is 0 Å². The van der Waals surface area contributed by atoms with Crippen LogP contribution in [-0.4, -0.2) is 10.8 Å². The zero-order chi connectivity index (χ0) is 17.1. The van der Waals surface area contributed by atoms with E-state index in [1.54, 1.807) is 13.0 Å². The molecule has 0 aliphatic heterocycles. The molecule has 0 aromatic heterocycles. The fraction of sp³-hybridized carbons (Fsp3) is 0.278. The molecule has 120 valence electrons. The van der Waals surface area contributed by atoms with Crippen molar-refractivity contribution in [2.24, 2.45) is 0 Å².